The molecule has 1 heterocycles. The van der Waals surface area contributed by atoms with E-state index in [-0.39, 0.29) is 17.5 Å². The number of para-hydroxylation sites is 4. The second-order valence-electron chi connectivity index (χ2n) is 7.03. The predicted molar refractivity (Wildman–Crippen MR) is 126 cm³/mol. The smallest absolute Gasteiger partial charge is 0.234 e. The molecular formula is C25H22FN3O2S. The Labute approximate surface area is 190 Å². The van der Waals surface area contributed by atoms with Crippen LogP contribution < -0.4 is 10.1 Å². The maximum atomic E-state index is 13.3. The average Bonchev–Trinajstić information content (AvgIpc) is 2.80. The number of nitrogens with one attached hydrogen (secondary N) is 1. The Morgan fingerprint density at radius 2 is 1.66 bits per heavy atom. The molecule has 32 heavy (non-hydrogen) atoms. The first-order valence-electron chi connectivity index (χ1n) is 10.3. The van der Waals surface area contributed by atoms with Gasteiger partial charge in [-0.25, -0.2) is 14.4 Å². The summed E-state index contributed by atoms with van der Waals surface area (Å²) in [7, 11) is 0. The highest BCUT2D eigenvalue weighted by Crippen LogP contribution is 2.27. The van der Waals surface area contributed by atoms with E-state index in [0.717, 1.165) is 22.3 Å². The summed E-state index contributed by atoms with van der Waals surface area (Å²) < 4.78 is 18.9. The van der Waals surface area contributed by atoms with Gasteiger partial charge in [0.05, 0.1) is 34.8 Å². The zero-order chi connectivity index (χ0) is 22.3. The zero-order valence-electron chi connectivity index (χ0n) is 17.5. The number of hydrogen-bond donors (Lipinski definition) is 1. The van der Waals surface area contributed by atoms with Crippen LogP contribution in [0.5, 0.6) is 5.75 Å². The summed E-state index contributed by atoms with van der Waals surface area (Å²) in [6.07, 6.45) is 0.495. The van der Waals surface area contributed by atoms with Crippen LogP contribution in [0.1, 0.15) is 18.2 Å². The number of hydrogen-bond acceptors (Lipinski definition) is 5. The Hall–Kier alpha value is -3.45. The first-order chi connectivity index (χ1) is 15.6. The molecule has 1 amide bonds. The van der Waals surface area contributed by atoms with Crippen molar-refractivity contribution in [1.82, 2.24) is 9.97 Å². The Kier molecular flexibility index (Phi) is 6.97. The summed E-state index contributed by atoms with van der Waals surface area (Å²) >= 11 is 1.33. The minimum absolute atomic E-state index is 0.162. The third-order valence-corrected chi connectivity index (χ3v) is 5.70. The number of rotatable bonds is 8. The van der Waals surface area contributed by atoms with Gasteiger partial charge in [0.1, 0.15) is 16.6 Å². The Morgan fingerprint density at radius 1 is 0.969 bits per heavy atom. The Bertz CT molecular complexity index is 1230. The summed E-state index contributed by atoms with van der Waals surface area (Å²) in [6.45, 7) is 2.41. The lowest BCUT2D eigenvalue weighted by Crippen LogP contribution is -2.15. The van der Waals surface area contributed by atoms with Crippen LogP contribution in [0.2, 0.25) is 0 Å². The number of fused-ring (bicyclic) bond motifs is 1. The van der Waals surface area contributed by atoms with Crippen LogP contribution in [0.15, 0.2) is 77.8 Å². The van der Waals surface area contributed by atoms with Gasteiger partial charge >= 0.3 is 0 Å². The first-order valence-corrected chi connectivity index (χ1v) is 11.3. The summed E-state index contributed by atoms with van der Waals surface area (Å²) in [5.74, 6) is 0.363. The Morgan fingerprint density at radius 3 is 2.41 bits per heavy atom. The standard InChI is InChI=1S/C25H22FN3O2S/c1-2-31-23-10-6-5-9-21(23)28-24(30)16-32-25-22(15-17-11-13-18(26)14-12-17)27-19-7-3-4-8-20(19)29-25/h3-14H,2,15-16H2,1H3,(H,28,30). The van der Waals surface area contributed by atoms with Crippen molar-refractivity contribution in [2.24, 2.45) is 0 Å². The highest BCUT2D eigenvalue weighted by molar-refractivity contribution is 8.00. The van der Waals surface area contributed by atoms with E-state index in [1.165, 1.54) is 23.9 Å². The van der Waals surface area contributed by atoms with Crippen LogP contribution in [0, 0.1) is 5.82 Å². The molecule has 0 radical (unpaired) electrons. The minimum Gasteiger partial charge on any atom is -0.492 e. The zero-order valence-corrected chi connectivity index (χ0v) is 18.4. The van der Waals surface area contributed by atoms with E-state index < -0.39 is 0 Å². The van der Waals surface area contributed by atoms with E-state index >= 15 is 0 Å². The van der Waals surface area contributed by atoms with Gasteiger partial charge in [-0.05, 0) is 48.9 Å². The molecule has 0 aliphatic carbocycles. The van der Waals surface area contributed by atoms with Crippen LogP contribution in [0.25, 0.3) is 11.0 Å². The number of halogens is 1. The van der Waals surface area contributed by atoms with Gasteiger partial charge in [0, 0.05) is 6.42 Å². The topological polar surface area (TPSA) is 64.1 Å². The molecule has 1 N–H and O–H groups in total. The lowest BCUT2D eigenvalue weighted by atomic mass is 10.1. The van der Waals surface area contributed by atoms with Crippen molar-refractivity contribution >= 4 is 34.4 Å². The monoisotopic (exact) mass is 447 g/mol. The number of amides is 1. The summed E-state index contributed by atoms with van der Waals surface area (Å²) in [6, 6.07) is 21.3. The summed E-state index contributed by atoms with van der Waals surface area (Å²) in [4.78, 5) is 22.1. The largest absolute Gasteiger partial charge is 0.492 e. The molecule has 4 rings (SSSR count). The molecule has 162 valence electrons. The summed E-state index contributed by atoms with van der Waals surface area (Å²) in [5, 5.41) is 3.59. The average molecular weight is 448 g/mol. The maximum Gasteiger partial charge on any atom is 0.234 e. The van der Waals surface area contributed by atoms with Crippen LogP contribution in [0.3, 0.4) is 0 Å². The molecule has 3 aromatic carbocycles. The molecule has 0 atom stereocenters. The van der Waals surface area contributed by atoms with Crippen molar-refractivity contribution in [3.63, 3.8) is 0 Å². The molecule has 0 unspecified atom stereocenters. The van der Waals surface area contributed by atoms with Crippen molar-refractivity contribution < 1.29 is 13.9 Å². The van der Waals surface area contributed by atoms with E-state index in [2.05, 4.69) is 5.32 Å². The number of benzene rings is 3. The SMILES string of the molecule is CCOc1ccccc1NC(=O)CSc1nc2ccccc2nc1Cc1ccc(F)cc1. The van der Waals surface area contributed by atoms with Gasteiger partial charge < -0.3 is 10.1 Å². The number of ether oxygens (including phenoxy) is 1. The quantitative estimate of drug-likeness (QED) is 0.362. The molecule has 1 aromatic heterocycles. The highest BCUT2D eigenvalue weighted by Gasteiger charge is 2.14. The van der Waals surface area contributed by atoms with Crippen molar-refractivity contribution in [2.45, 2.75) is 18.4 Å². The van der Waals surface area contributed by atoms with Crippen LogP contribution in [-0.2, 0) is 11.2 Å². The molecule has 0 saturated heterocycles. The third kappa shape index (κ3) is 5.42. The molecule has 7 heteroatoms. The molecule has 0 bridgehead atoms. The number of carbonyl (C=O) groups is 1. The van der Waals surface area contributed by atoms with Gasteiger partial charge in [-0.1, -0.05) is 48.2 Å². The van der Waals surface area contributed by atoms with Crippen molar-refractivity contribution in [3.8, 4) is 5.75 Å². The number of anilines is 1. The first kappa shape index (κ1) is 21.8. The van der Waals surface area contributed by atoms with Gasteiger partial charge in [0.25, 0.3) is 0 Å². The predicted octanol–water partition coefficient (Wildman–Crippen LogP) is 5.49. The Balaban J connectivity index is 1.53. The molecule has 5 nitrogen and oxygen atoms in total. The van der Waals surface area contributed by atoms with E-state index in [0.29, 0.717) is 29.5 Å². The second kappa shape index (κ2) is 10.2. The highest BCUT2D eigenvalue weighted by atomic mass is 32.2. The number of carbonyl (C=O) groups excluding carboxylic acids is 1. The van der Waals surface area contributed by atoms with E-state index in [1.807, 2.05) is 55.5 Å². The van der Waals surface area contributed by atoms with E-state index in [4.69, 9.17) is 14.7 Å². The molecule has 0 aliphatic heterocycles. The number of nitrogens with zero attached hydrogens (tertiary/aromatic N) is 2. The van der Waals surface area contributed by atoms with Gasteiger partial charge in [0.15, 0.2) is 0 Å². The van der Waals surface area contributed by atoms with Crippen LogP contribution >= 0.6 is 11.8 Å². The van der Waals surface area contributed by atoms with E-state index in [1.54, 1.807) is 12.1 Å². The van der Waals surface area contributed by atoms with Gasteiger partial charge in [-0.15, -0.1) is 0 Å². The van der Waals surface area contributed by atoms with Crippen molar-refractivity contribution in [3.05, 3.63) is 89.9 Å². The van der Waals surface area contributed by atoms with Crippen molar-refractivity contribution in [2.75, 3.05) is 17.7 Å². The normalized spacial score (nSPS) is 10.8. The molecule has 4 aromatic rings. The van der Waals surface area contributed by atoms with Gasteiger partial charge in [-0.2, -0.15) is 0 Å². The van der Waals surface area contributed by atoms with Crippen LogP contribution in [-0.4, -0.2) is 28.2 Å². The summed E-state index contributed by atoms with van der Waals surface area (Å²) in [5.41, 5.74) is 3.86. The van der Waals surface area contributed by atoms with Crippen molar-refractivity contribution in [1.29, 1.82) is 0 Å². The van der Waals surface area contributed by atoms with Crippen LogP contribution in [0.4, 0.5) is 10.1 Å². The molecule has 0 fully saturated rings. The molecule has 0 saturated carbocycles. The fourth-order valence-corrected chi connectivity index (χ4v) is 4.01. The number of thioether (sulfide) groups is 1. The van der Waals surface area contributed by atoms with Gasteiger partial charge in [-0.3, -0.25) is 4.79 Å². The van der Waals surface area contributed by atoms with E-state index in [9.17, 15) is 9.18 Å². The minimum atomic E-state index is -0.281. The second-order valence-corrected chi connectivity index (χ2v) is 8.00. The lowest BCUT2D eigenvalue weighted by Gasteiger charge is -2.12. The fourth-order valence-electron chi connectivity index (χ4n) is 3.22. The lowest BCUT2D eigenvalue weighted by molar-refractivity contribution is -0.113. The molecular weight excluding hydrogens is 425 g/mol. The third-order valence-electron chi connectivity index (χ3n) is 4.69. The van der Waals surface area contributed by atoms with Gasteiger partial charge in [0.2, 0.25) is 5.91 Å². The molecule has 0 aliphatic rings. The molecule has 0 spiro atoms. The fraction of sp³-hybridized carbons (Fsp3) is 0.160. The number of aromatic nitrogens is 2. The maximum absolute atomic E-state index is 13.3.